The summed E-state index contributed by atoms with van der Waals surface area (Å²) in [6, 6.07) is 15.8. The second-order valence-corrected chi connectivity index (χ2v) is 6.72. The second-order valence-electron chi connectivity index (χ2n) is 6.72. The fourth-order valence-corrected chi connectivity index (χ4v) is 3.20. The molecule has 1 unspecified atom stereocenters. The normalized spacial score (nSPS) is 12.2. The van der Waals surface area contributed by atoms with Gasteiger partial charge in [-0.25, -0.2) is 4.98 Å². The molecule has 0 radical (unpaired) electrons. The molecule has 3 aromatic rings. The van der Waals surface area contributed by atoms with Gasteiger partial charge < -0.3 is 10.1 Å². The number of benzene rings is 2. The summed E-state index contributed by atoms with van der Waals surface area (Å²) >= 11 is 0. The molecule has 0 saturated heterocycles. The van der Waals surface area contributed by atoms with E-state index in [0.717, 1.165) is 27.7 Å². The van der Waals surface area contributed by atoms with Gasteiger partial charge in [0.2, 0.25) is 0 Å². The first kappa shape index (κ1) is 18.1. The highest BCUT2D eigenvalue weighted by atomic mass is 16.5. The van der Waals surface area contributed by atoms with Crippen molar-refractivity contribution in [2.45, 2.75) is 26.8 Å². The molecule has 1 amide bonds. The van der Waals surface area contributed by atoms with E-state index in [9.17, 15) is 4.79 Å². The van der Waals surface area contributed by atoms with Gasteiger partial charge in [-0.05, 0) is 38.5 Å². The smallest absolute Gasteiger partial charge is 0.252 e. The predicted octanol–water partition coefficient (Wildman–Crippen LogP) is 4.28. The Bertz CT molecular complexity index is 950. The number of methoxy groups -OCH3 is 1. The molecule has 0 aliphatic heterocycles. The summed E-state index contributed by atoms with van der Waals surface area (Å²) in [5.41, 5.74) is 5.65. The number of hydrogen-bond donors (Lipinski definition) is 1. The van der Waals surface area contributed by atoms with Gasteiger partial charge in [0.05, 0.1) is 23.4 Å². The molecule has 0 fully saturated rings. The highest BCUT2D eigenvalue weighted by molar-refractivity contribution is 6.07. The second kappa shape index (κ2) is 7.67. The Balaban J connectivity index is 2.11. The maximum absolute atomic E-state index is 12.9. The van der Waals surface area contributed by atoms with Crippen LogP contribution in [0.2, 0.25) is 0 Å². The van der Waals surface area contributed by atoms with Crippen LogP contribution in [0.4, 0.5) is 0 Å². The summed E-state index contributed by atoms with van der Waals surface area (Å²) in [5.74, 6) is -0.112. The van der Waals surface area contributed by atoms with E-state index in [1.165, 1.54) is 5.56 Å². The van der Waals surface area contributed by atoms with E-state index in [0.29, 0.717) is 12.2 Å². The number of para-hydroxylation sites is 1. The molecule has 26 heavy (non-hydrogen) atoms. The fraction of sp³-hybridized carbons (Fsp3) is 0.273. The van der Waals surface area contributed by atoms with Gasteiger partial charge in [-0.1, -0.05) is 42.0 Å². The van der Waals surface area contributed by atoms with Gasteiger partial charge in [0, 0.05) is 24.1 Å². The predicted molar refractivity (Wildman–Crippen MR) is 105 cm³/mol. The van der Waals surface area contributed by atoms with Crippen molar-refractivity contribution in [1.82, 2.24) is 10.3 Å². The molecule has 1 N–H and O–H groups in total. The molecule has 4 nitrogen and oxygen atoms in total. The molecule has 1 heterocycles. The van der Waals surface area contributed by atoms with Gasteiger partial charge >= 0.3 is 0 Å². The number of rotatable bonds is 5. The number of pyridine rings is 1. The minimum atomic E-state index is -0.112. The van der Waals surface area contributed by atoms with Crippen LogP contribution in [0, 0.1) is 13.8 Å². The summed E-state index contributed by atoms with van der Waals surface area (Å²) in [4.78, 5) is 17.7. The van der Waals surface area contributed by atoms with Crippen molar-refractivity contribution in [1.29, 1.82) is 0 Å². The number of ether oxygens (including phenoxy) is 1. The maximum atomic E-state index is 12.9. The number of aryl methyl sites for hydroxylation is 2. The Morgan fingerprint density at radius 1 is 1.15 bits per heavy atom. The maximum Gasteiger partial charge on any atom is 0.252 e. The van der Waals surface area contributed by atoms with E-state index >= 15 is 0 Å². The van der Waals surface area contributed by atoms with Crippen LogP contribution in [0.5, 0.6) is 0 Å². The zero-order chi connectivity index (χ0) is 18.7. The van der Waals surface area contributed by atoms with Gasteiger partial charge in [-0.15, -0.1) is 0 Å². The number of carbonyl (C=O) groups excluding carboxylic acids is 1. The van der Waals surface area contributed by atoms with Gasteiger partial charge in [0.25, 0.3) is 5.91 Å². The van der Waals surface area contributed by atoms with Crippen molar-refractivity contribution in [2.24, 2.45) is 0 Å². The Hall–Kier alpha value is -2.72. The van der Waals surface area contributed by atoms with Crippen molar-refractivity contribution in [3.8, 4) is 11.3 Å². The fourth-order valence-electron chi connectivity index (χ4n) is 3.20. The number of carbonyl (C=O) groups is 1. The van der Waals surface area contributed by atoms with Gasteiger partial charge in [-0.3, -0.25) is 4.79 Å². The molecule has 0 saturated carbocycles. The van der Waals surface area contributed by atoms with E-state index in [1.807, 2.05) is 37.3 Å². The highest BCUT2D eigenvalue weighted by Gasteiger charge is 2.16. The molecule has 3 rings (SSSR count). The first-order valence-corrected chi connectivity index (χ1v) is 8.77. The Kier molecular flexibility index (Phi) is 5.33. The third-order valence-corrected chi connectivity index (χ3v) is 4.41. The third kappa shape index (κ3) is 3.75. The van der Waals surface area contributed by atoms with Crippen molar-refractivity contribution < 1.29 is 9.53 Å². The first-order valence-electron chi connectivity index (χ1n) is 8.77. The van der Waals surface area contributed by atoms with Crippen LogP contribution in [0.15, 0.2) is 48.5 Å². The van der Waals surface area contributed by atoms with Gasteiger partial charge in [0.15, 0.2) is 0 Å². The molecule has 0 bridgehead atoms. The SMILES string of the molecule is COCC(C)NC(=O)c1cc(-c2ccc(C)cc2C)nc2ccccc12. The summed E-state index contributed by atoms with van der Waals surface area (Å²) in [6.45, 7) is 6.54. The lowest BCUT2D eigenvalue weighted by atomic mass is 9.99. The Morgan fingerprint density at radius 2 is 1.92 bits per heavy atom. The van der Waals surface area contributed by atoms with Crippen LogP contribution in [-0.4, -0.2) is 30.6 Å². The number of nitrogens with zero attached hydrogens (tertiary/aromatic N) is 1. The number of amides is 1. The lowest BCUT2D eigenvalue weighted by Gasteiger charge is -2.15. The van der Waals surface area contributed by atoms with Crippen LogP contribution < -0.4 is 5.32 Å². The number of hydrogen-bond acceptors (Lipinski definition) is 3. The zero-order valence-electron chi connectivity index (χ0n) is 15.7. The van der Waals surface area contributed by atoms with Crippen molar-refractivity contribution in [3.05, 3.63) is 65.2 Å². The van der Waals surface area contributed by atoms with E-state index < -0.39 is 0 Å². The minimum Gasteiger partial charge on any atom is -0.383 e. The quantitative estimate of drug-likeness (QED) is 0.748. The van der Waals surface area contributed by atoms with E-state index in [2.05, 4.69) is 37.4 Å². The number of aromatic nitrogens is 1. The number of fused-ring (bicyclic) bond motifs is 1. The Morgan fingerprint density at radius 3 is 2.65 bits per heavy atom. The largest absolute Gasteiger partial charge is 0.383 e. The molecule has 0 spiro atoms. The molecule has 0 aliphatic rings. The van der Waals surface area contributed by atoms with Gasteiger partial charge in [0.1, 0.15) is 0 Å². The monoisotopic (exact) mass is 348 g/mol. The molecule has 2 aromatic carbocycles. The molecule has 4 heteroatoms. The van der Waals surface area contributed by atoms with Crippen molar-refractivity contribution in [2.75, 3.05) is 13.7 Å². The highest BCUT2D eigenvalue weighted by Crippen LogP contribution is 2.27. The van der Waals surface area contributed by atoms with E-state index in [1.54, 1.807) is 7.11 Å². The van der Waals surface area contributed by atoms with Crippen LogP contribution in [-0.2, 0) is 4.74 Å². The van der Waals surface area contributed by atoms with Crippen LogP contribution in [0.3, 0.4) is 0 Å². The summed E-state index contributed by atoms with van der Waals surface area (Å²) in [7, 11) is 1.63. The molecular formula is C22H24N2O2. The van der Waals surface area contributed by atoms with Crippen LogP contribution in [0.25, 0.3) is 22.2 Å². The lowest BCUT2D eigenvalue weighted by molar-refractivity contribution is 0.0907. The van der Waals surface area contributed by atoms with E-state index in [4.69, 9.17) is 9.72 Å². The standard InChI is InChI=1S/C22H24N2O2/c1-14-9-10-17(15(2)11-14)21-12-19(22(25)23-16(3)13-26-4)18-7-5-6-8-20(18)24-21/h5-12,16H,13H2,1-4H3,(H,23,25). The lowest BCUT2D eigenvalue weighted by Crippen LogP contribution is -2.35. The average Bonchev–Trinajstić information content (AvgIpc) is 2.61. The summed E-state index contributed by atoms with van der Waals surface area (Å²) in [6.07, 6.45) is 0. The van der Waals surface area contributed by atoms with Crippen LogP contribution >= 0.6 is 0 Å². The minimum absolute atomic E-state index is 0.0658. The first-order chi connectivity index (χ1) is 12.5. The average molecular weight is 348 g/mol. The molecule has 134 valence electrons. The third-order valence-electron chi connectivity index (χ3n) is 4.41. The molecule has 1 aromatic heterocycles. The van der Waals surface area contributed by atoms with E-state index in [-0.39, 0.29) is 11.9 Å². The van der Waals surface area contributed by atoms with Crippen LogP contribution in [0.1, 0.15) is 28.4 Å². The topological polar surface area (TPSA) is 51.2 Å². The molecule has 0 aliphatic carbocycles. The molecule has 1 atom stereocenters. The molecular weight excluding hydrogens is 324 g/mol. The zero-order valence-corrected chi connectivity index (χ0v) is 15.7. The Labute approximate surface area is 154 Å². The number of nitrogens with one attached hydrogen (secondary N) is 1. The van der Waals surface area contributed by atoms with Crippen molar-refractivity contribution in [3.63, 3.8) is 0 Å². The summed E-state index contributed by atoms with van der Waals surface area (Å²) < 4.78 is 5.12. The summed E-state index contributed by atoms with van der Waals surface area (Å²) in [5, 5.41) is 3.85. The van der Waals surface area contributed by atoms with Crippen molar-refractivity contribution >= 4 is 16.8 Å². The van der Waals surface area contributed by atoms with Gasteiger partial charge in [-0.2, -0.15) is 0 Å².